The third-order valence-corrected chi connectivity index (χ3v) is 1.91. The fraction of sp³-hybridized carbons (Fsp3) is 0.200. The second-order valence-electron chi connectivity index (χ2n) is 2.88. The first-order valence-corrected chi connectivity index (χ1v) is 3.89. The highest BCUT2D eigenvalue weighted by molar-refractivity contribution is 5.45. The van der Waals surface area contributed by atoms with E-state index in [1.807, 2.05) is 25.1 Å². The molecular weight excluding hydrogens is 148 g/mol. The van der Waals surface area contributed by atoms with E-state index in [1.165, 1.54) is 0 Å². The van der Waals surface area contributed by atoms with Crippen LogP contribution in [0.5, 0.6) is 0 Å². The highest BCUT2D eigenvalue weighted by Gasteiger charge is 2.03. The minimum Gasteiger partial charge on any atom is -0.399 e. The summed E-state index contributed by atoms with van der Waals surface area (Å²) in [6, 6.07) is 5.62. The van der Waals surface area contributed by atoms with Gasteiger partial charge in [-0.1, -0.05) is 12.1 Å². The predicted octanol–water partition coefficient (Wildman–Crippen LogP) is 1.76. The lowest BCUT2D eigenvalue weighted by Gasteiger charge is -2.10. The average Bonchev–Trinajstić information content (AvgIpc) is 2.03. The number of aryl methyl sites for hydroxylation is 1. The Morgan fingerprint density at radius 2 is 2.17 bits per heavy atom. The maximum Gasteiger partial charge on any atom is 0.0481 e. The van der Waals surface area contributed by atoms with Crippen molar-refractivity contribution in [1.29, 1.82) is 0 Å². The Balaban J connectivity index is 3.09. The molecule has 0 fully saturated rings. The monoisotopic (exact) mass is 162 g/mol. The molecule has 0 saturated heterocycles. The molecule has 0 saturated carbocycles. The quantitative estimate of drug-likeness (QED) is 0.514. The van der Waals surface area contributed by atoms with Crippen molar-refractivity contribution in [2.24, 2.45) is 5.73 Å². The SMILES string of the molecule is C=CC(N)c1ccc(N)cc1C. The summed E-state index contributed by atoms with van der Waals surface area (Å²) < 4.78 is 0. The number of rotatable bonds is 2. The van der Waals surface area contributed by atoms with Crippen LogP contribution in [-0.4, -0.2) is 0 Å². The standard InChI is InChI=1S/C10H14N2/c1-3-10(12)9-5-4-8(11)6-7(9)2/h3-6,10H,1,11-12H2,2H3. The first-order chi connectivity index (χ1) is 5.65. The van der Waals surface area contributed by atoms with E-state index in [1.54, 1.807) is 6.08 Å². The lowest BCUT2D eigenvalue weighted by Crippen LogP contribution is -2.08. The molecule has 0 radical (unpaired) electrons. The summed E-state index contributed by atoms with van der Waals surface area (Å²) in [6.07, 6.45) is 1.72. The van der Waals surface area contributed by atoms with Crippen molar-refractivity contribution in [2.75, 3.05) is 5.73 Å². The van der Waals surface area contributed by atoms with Gasteiger partial charge in [0.15, 0.2) is 0 Å². The van der Waals surface area contributed by atoms with Crippen molar-refractivity contribution >= 4 is 5.69 Å². The molecule has 12 heavy (non-hydrogen) atoms. The summed E-state index contributed by atoms with van der Waals surface area (Å²) in [5.41, 5.74) is 14.4. The van der Waals surface area contributed by atoms with Gasteiger partial charge in [-0.05, 0) is 30.2 Å². The van der Waals surface area contributed by atoms with Gasteiger partial charge in [-0.15, -0.1) is 6.58 Å². The van der Waals surface area contributed by atoms with E-state index in [2.05, 4.69) is 6.58 Å². The van der Waals surface area contributed by atoms with Crippen LogP contribution >= 0.6 is 0 Å². The molecule has 0 amide bonds. The van der Waals surface area contributed by atoms with Crippen molar-refractivity contribution in [3.05, 3.63) is 42.0 Å². The summed E-state index contributed by atoms with van der Waals surface area (Å²) >= 11 is 0. The van der Waals surface area contributed by atoms with Gasteiger partial charge in [-0.25, -0.2) is 0 Å². The van der Waals surface area contributed by atoms with Crippen LogP contribution in [0.25, 0.3) is 0 Å². The van der Waals surface area contributed by atoms with Crippen LogP contribution in [-0.2, 0) is 0 Å². The van der Waals surface area contributed by atoms with Crippen LogP contribution in [0.4, 0.5) is 5.69 Å². The fourth-order valence-corrected chi connectivity index (χ4v) is 1.20. The topological polar surface area (TPSA) is 52.0 Å². The number of anilines is 1. The van der Waals surface area contributed by atoms with Gasteiger partial charge >= 0.3 is 0 Å². The maximum absolute atomic E-state index is 5.79. The van der Waals surface area contributed by atoms with E-state index < -0.39 is 0 Å². The Hall–Kier alpha value is -1.28. The van der Waals surface area contributed by atoms with Gasteiger partial charge < -0.3 is 11.5 Å². The van der Waals surface area contributed by atoms with E-state index in [-0.39, 0.29) is 6.04 Å². The van der Waals surface area contributed by atoms with E-state index in [0.717, 1.165) is 16.8 Å². The zero-order chi connectivity index (χ0) is 9.14. The molecule has 0 aromatic heterocycles. The summed E-state index contributed by atoms with van der Waals surface area (Å²) in [5, 5.41) is 0. The van der Waals surface area contributed by atoms with E-state index in [9.17, 15) is 0 Å². The van der Waals surface area contributed by atoms with Gasteiger partial charge in [0.25, 0.3) is 0 Å². The molecule has 0 heterocycles. The third-order valence-electron chi connectivity index (χ3n) is 1.91. The van der Waals surface area contributed by atoms with Gasteiger partial charge in [0.05, 0.1) is 0 Å². The molecular formula is C10H14N2. The molecule has 0 aliphatic rings. The Kier molecular flexibility index (Phi) is 2.51. The molecule has 1 unspecified atom stereocenters. The number of hydrogen-bond acceptors (Lipinski definition) is 2. The molecule has 4 N–H and O–H groups in total. The van der Waals surface area contributed by atoms with Crippen LogP contribution in [0.3, 0.4) is 0 Å². The molecule has 0 spiro atoms. The largest absolute Gasteiger partial charge is 0.399 e. The summed E-state index contributed by atoms with van der Waals surface area (Å²) in [4.78, 5) is 0. The number of benzene rings is 1. The van der Waals surface area contributed by atoms with Crippen LogP contribution in [0, 0.1) is 6.92 Å². The average molecular weight is 162 g/mol. The van der Waals surface area contributed by atoms with Crippen molar-refractivity contribution < 1.29 is 0 Å². The van der Waals surface area contributed by atoms with Gasteiger partial charge in [-0.3, -0.25) is 0 Å². The van der Waals surface area contributed by atoms with E-state index >= 15 is 0 Å². The Labute approximate surface area is 72.9 Å². The van der Waals surface area contributed by atoms with Crippen LogP contribution in [0.15, 0.2) is 30.9 Å². The molecule has 1 rings (SSSR count). The second kappa shape index (κ2) is 3.41. The normalized spacial score (nSPS) is 12.5. The number of nitrogen functional groups attached to an aromatic ring is 1. The summed E-state index contributed by atoms with van der Waals surface area (Å²) in [7, 11) is 0. The third kappa shape index (κ3) is 1.66. The van der Waals surface area contributed by atoms with Crippen molar-refractivity contribution in [1.82, 2.24) is 0 Å². The first-order valence-electron chi connectivity index (χ1n) is 3.89. The maximum atomic E-state index is 5.79. The molecule has 0 aliphatic heterocycles. The molecule has 0 aliphatic carbocycles. The summed E-state index contributed by atoms with van der Waals surface area (Å²) in [5.74, 6) is 0. The molecule has 2 nitrogen and oxygen atoms in total. The van der Waals surface area contributed by atoms with Crippen molar-refractivity contribution in [2.45, 2.75) is 13.0 Å². The van der Waals surface area contributed by atoms with Crippen LogP contribution in [0.2, 0.25) is 0 Å². The smallest absolute Gasteiger partial charge is 0.0481 e. The van der Waals surface area contributed by atoms with Crippen molar-refractivity contribution in [3.8, 4) is 0 Å². The lowest BCUT2D eigenvalue weighted by atomic mass is 10.0. The minimum atomic E-state index is -0.0920. The van der Waals surface area contributed by atoms with Crippen molar-refractivity contribution in [3.63, 3.8) is 0 Å². The highest BCUT2D eigenvalue weighted by atomic mass is 14.6. The predicted molar refractivity (Wildman–Crippen MR) is 52.7 cm³/mol. The van der Waals surface area contributed by atoms with Gasteiger partial charge in [0.2, 0.25) is 0 Å². The first kappa shape index (κ1) is 8.81. The zero-order valence-corrected chi connectivity index (χ0v) is 7.25. The van der Waals surface area contributed by atoms with Crippen LogP contribution in [0.1, 0.15) is 17.2 Å². The van der Waals surface area contributed by atoms with Gasteiger partial charge in [-0.2, -0.15) is 0 Å². The van der Waals surface area contributed by atoms with E-state index in [0.29, 0.717) is 0 Å². The Morgan fingerprint density at radius 3 is 2.67 bits per heavy atom. The Bertz CT molecular complexity index is 292. The molecule has 0 bridgehead atoms. The van der Waals surface area contributed by atoms with Crippen LogP contribution < -0.4 is 11.5 Å². The summed E-state index contributed by atoms with van der Waals surface area (Å²) in [6.45, 7) is 5.64. The molecule has 1 atom stereocenters. The molecule has 64 valence electrons. The lowest BCUT2D eigenvalue weighted by molar-refractivity contribution is 0.903. The minimum absolute atomic E-state index is 0.0920. The number of hydrogen-bond donors (Lipinski definition) is 2. The Morgan fingerprint density at radius 1 is 1.50 bits per heavy atom. The molecule has 2 heteroatoms. The molecule has 1 aromatic carbocycles. The molecule has 1 aromatic rings. The second-order valence-corrected chi connectivity index (χ2v) is 2.88. The van der Waals surface area contributed by atoms with Gasteiger partial charge in [0.1, 0.15) is 0 Å². The van der Waals surface area contributed by atoms with Gasteiger partial charge in [0, 0.05) is 11.7 Å². The number of nitrogens with two attached hydrogens (primary N) is 2. The fourth-order valence-electron chi connectivity index (χ4n) is 1.20. The van der Waals surface area contributed by atoms with E-state index in [4.69, 9.17) is 11.5 Å². The zero-order valence-electron chi connectivity index (χ0n) is 7.25. The highest BCUT2D eigenvalue weighted by Crippen LogP contribution is 2.18.